The predicted molar refractivity (Wildman–Crippen MR) is 123 cm³/mol. The molecule has 0 spiro atoms. The lowest BCUT2D eigenvalue weighted by atomic mass is 9.80. The van der Waals surface area contributed by atoms with Gasteiger partial charge in [-0.1, -0.05) is 42.5 Å². The van der Waals surface area contributed by atoms with Gasteiger partial charge in [0.15, 0.2) is 0 Å². The van der Waals surface area contributed by atoms with Crippen LogP contribution in [0, 0.1) is 11.7 Å². The molecule has 4 nitrogen and oxygen atoms in total. The molecule has 31 heavy (non-hydrogen) atoms. The third kappa shape index (κ3) is 6.30. The SMILES string of the molecule is C[C@H](c1ccccc1)N(C[C@@H]1CN(C)CC[C@H]1c1ccc(F)cc1)C(=O)OC(C)(C)C. The van der Waals surface area contributed by atoms with Crippen molar-refractivity contribution in [1.82, 2.24) is 9.80 Å². The molecule has 1 saturated heterocycles. The van der Waals surface area contributed by atoms with Crippen molar-refractivity contribution < 1.29 is 13.9 Å². The van der Waals surface area contributed by atoms with E-state index in [4.69, 9.17) is 4.74 Å². The third-order valence-corrected chi connectivity index (χ3v) is 6.04. The van der Waals surface area contributed by atoms with Crippen LogP contribution in [-0.2, 0) is 4.74 Å². The Bertz CT molecular complexity index is 848. The van der Waals surface area contributed by atoms with Gasteiger partial charge < -0.3 is 14.5 Å². The number of halogens is 1. The van der Waals surface area contributed by atoms with Gasteiger partial charge in [0.2, 0.25) is 0 Å². The lowest BCUT2D eigenvalue weighted by molar-refractivity contribution is 0.00919. The molecule has 0 radical (unpaired) electrons. The lowest BCUT2D eigenvalue weighted by Crippen LogP contribution is -2.46. The fourth-order valence-electron chi connectivity index (χ4n) is 4.42. The fourth-order valence-corrected chi connectivity index (χ4v) is 4.42. The van der Waals surface area contributed by atoms with Crippen molar-refractivity contribution in [3.63, 3.8) is 0 Å². The Labute approximate surface area is 186 Å². The average molecular weight is 427 g/mol. The quantitative estimate of drug-likeness (QED) is 0.600. The highest BCUT2D eigenvalue weighted by atomic mass is 19.1. The third-order valence-electron chi connectivity index (χ3n) is 6.04. The zero-order chi connectivity index (χ0) is 22.6. The van der Waals surface area contributed by atoms with E-state index < -0.39 is 5.60 Å². The van der Waals surface area contributed by atoms with Crippen LogP contribution in [0.15, 0.2) is 54.6 Å². The summed E-state index contributed by atoms with van der Waals surface area (Å²) in [4.78, 5) is 17.4. The van der Waals surface area contributed by atoms with Gasteiger partial charge in [0.25, 0.3) is 0 Å². The molecule has 1 amide bonds. The fraction of sp³-hybridized carbons (Fsp3) is 0.500. The molecule has 1 aliphatic rings. The number of ether oxygens (including phenoxy) is 1. The van der Waals surface area contributed by atoms with Gasteiger partial charge in [-0.05, 0) is 82.8 Å². The van der Waals surface area contributed by atoms with Crippen LogP contribution in [0.2, 0.25) is 0 Å². The molecule has 5 heteroatoms. The summed E-state index contributed by atoms with van der Waals surface area (Å²) in [6.45, 7) is 10.2. The van der Waals surface area contributed by atoms with E-state index in [0.29, 0.717) is 6.54 Å². The number of carbonyl (C=O) groups is 1. The normalized spacial score (nSPS) is 20.8. The van der Waals surface area contributed by atoms with Gasteiger partial charge in [0.05, 0.1) is 6.04 Å². The average Bonchev–Trinajstić information content (AvgIpc) is 2.72. The highest BCUT2D eigenvalue weighted by Crippen LogP contribution is 2.35. The van der Waals surface area contributed by atoms with E-state index in [1.807, 2.05) is 68.1 Å². The topological polar surface area (TPSA) is 32.8 Å². The number of hydrogen-bond donors (Lipinski definition) is 0. The van der Waals surface area contributed by atoms with E-state index in [0.717, 1.165) is 30.6 Å². The van der Waals surface area contributed by atoms with E-state index in [2.05, 4.69) is 18.9 Å². The van der Waals surface area contributed by atoms with Gasteiger partial charge in [-0.2, -0.15) is 0 Å². The lowest BCUT2D eigenvalue weighted by Gasteiger charge is -2.41. The second kappa shape index (κ2) is 9.82. The van der Waals surface area contributed by atoms with Crippen LogP contribution in [0.1, 0.15) is 57.2 Å². The van der Waals surface area contributed by atoms with Crippen molar-refractivity contribution in [2.75, 3.05) is 26.7 Å². The molecule has 3 rings (SSSR count). The molecule has 0 bridgehead atoms. The highest BCUT2D eigenvalue weighted by molar-refractivity contribution is 5.69. The van der Waals surface area contributed by atoms with Crippen molar-refractivity contribution in [1.29, 1.82) is 0 Å². The molecule has 0 aromatic heterocycles. The largest absolute Gasteiger partial charge is 0.444 e. The number of hydrogen-bond acceptors (Lipinski definition) is 3. The Morgan fingerprint density at radius 1 is 1.16 bits per heavy atom. The predicted octanol–water partition coefficient (Wildman–Crippen LogP) is 5.86. The van der Waals surface area contributed by atoms with E-state index in [9.17, 15) is 9.18 Å². The highest BCUT2D eigenvalue weighted by Gasteiger charge is 2.35. The van der Waals surface area contributed by atoms with Crippen LogP contribution in [-0.4, -0.2) is 48.2 Å². The number of likely N-dealkylation sites (tertiary alicyclic amines) is 1. The molecule has 2 aromatic carbocycles. The molecule has 0 saturated carbocycles. The first kappa shape index (κ1) is 23.3. The van der Waals surface area contributed by atoms with Gasteiger partial charge in [-0.15, -0.1) is 0 Å². The first-order valence-corrected chi connectivity index (χ1v) is 11.1. The van der Waals surface area contributed by atoms with Crippen molar-refractivity contribution in [3.8, 4) is 0 Å². The summed E-state index contributed by atoms with van der Waals surface area (Å²) in [6.07, 6.45) is 0.684. The number of nitrogens with zero attached hydrogens (tertiary/aromatic N) is 2. The minimum Gasteiger partial charge on any atom is -0.444 e. The zero-order valence-electron chi connectivity index (χ0n) is 19.3. The van der Waals surface area contributed by atoms with Crippen molar-refractivity contribution in [2.45, 2.75) is 51.7 Å². The molecule has 0 aliphatic carbocycles. The molecule has 1 aliphatic heterocycles. The van der Waals surface area contributed by atoms with Crippen molar-refractivity contribution in [2.24, 2.45) is 5.92 Å². The Hall–Kier alpha value is -2.40. The Morgan fingerprint density at radius 2 is 1.81 bits per heavy atom. The van der Waals surface area contributed by atoms with Crippen LogP contribution < -0.4 is 0 Å². The van der Waals surface area contributed by atoms with Gasteiger partial charge in [-0.25, -0.2) is 9.18 Å². The smallest absolute Gasteiger partial charge is 0.410 e. The standard InChI is InChI=1S/C26H35FN2O2/c1-19(20-9-7-6-8-10-20)29(25(30)31-26(2,3)4)18-22-17-28(5)16-15-24(22)21-11-13-23(27)14-12-21/h6-14,19,22,24H,15-18H2,1-5H3/t19-,22+,24+/m1/s1. The van der Waals surface area contributed by atoms with Crippen LogP contribution in [0.25, 0.3) is 0 Å². The monoisotopic (exact) mass is 426 g/mol. The molecule has 0 N–H and O–H groups in total. The maximum atomic E-state index is 13.5. The van der Waals surface area contributed by atoms with Gasteiger partial charge >= 0.3 is 6.09 Å². The minimum absolute atomic E-state index is 0.114. The summed E-state index contributed by atoms with van der Waals surface area (Å²) >= 11 is 0. The number of carbonyl (C=O) groups excluding carboxylic acids is 1. The van der Waals surface area contributed by atoms with E-state index in [1.54, 1.807) is 0 Å². The first-order chi connectivity index (χ1) is 14.6. The van der Waals surface area contributed by atoms with E-state index in [-0.39, 0.29) is 29.8 Å². The molecule has 2 aromatic rings. The summed E-state index contributed by atoms with van der Waals surface area (Å²) in [5.74, 6) is 0.272. The van der Waals surface area contributed by atoms with Gasteiger partial charge in [0.1, 0.15) is 11.4 Å². The Kier molecular flexibility index (Phi) is 7.37. The zero-order valence-corrected chi connectivity index (χ0v) is 19.3. The van der Waals surface area contributed by atoms with Crippen LogP contribution >= 0.6 is 0 Å². The minimum atomic E-state index is -0.564. The molecule has 0 unspecified atom stereocenters. The van der Waals surface area contributed by atoms with Gasteiger partial charge in [0, 0.05) is 13.1 Å². The first-order valence-electron chi connectivity index (χ1n) is 11.1. The summed E-state index contributed by atoms with van der Waals surface area (Å²) in [5.41, 5.74) is 1.65. The molecule has 1 fully saturated rings. The molecule has 1 heterocycles. The summed E-state index contributed by atoms with van der Waals surface area (Å²) in [7, 11) is 2.12. The molecular formula is C26H35FN2O2. The van der Waals surface area contributed by atoms with Crippen LogP contribution in [0.3, 0.4) is 0 Å². The second-order valence-electron chi connectivity index (χ2n) is 9.69. The van der Waals surface area contributed by atoms with Gasteiger partial charge in [-0.3, -0.25) is 0 Å². The molecule has 168 valence electrons. The summed E-state index contributed by atoms with van der Waals surface area (Å²) in [6, 6.07) is 16.8. The number of benzene rings is 2. The van der Waals surface area contributed by atoms with Crippen molar-refractivity contribution >= 4 is 6.09 Å². The Morgan fingerprint density at radius 3 is 2.42 bits per heavy atom. The summed E-state index contributed by atoms with van der Waals surface area (Å²) in [5, 5.41) is 0. The van der Waals surface area contributed by atoms with Crippen LogP contribution in [0.5, 0.6) is 0 Å². The maximum absolute atomic E-state index is 13.5. The number of amides is 1. The number of rotatable bonds is 5. The second-order valence-corrected chi connectivity index (χ2v) is 9.69. The van der Waals surface area contributed by atoms with Crippen LogP contribution in [0.4, 0.5) is 9.18 Å². The molecule has 3 atom stereocenters. The number of piperidine rings is 1. The molecular weight excluding hydrogens is 391 g/mol. The maximum Gasteiger partial charge on any atom is 0.410 e. The summed E-state index contributed by atoms with van der Waals surface area (Å²) < 4.78 is 19.3. The van der Waals surface area contributed by atoms with E-state index >= 15 is 0 Å². The Balaban J connectivity index is 1.89. The van der Waals surface area contributed by atoms with Crippen molar-refractivity contribution in [3.05, 3.63) is 71.5 Å². The van der Waals surface area contributed by atoms with E-state index in [1.165, 1.54) is 12.1 Å².